The molecule has 9 heteroatoms. The van der Waals surface area contributed by atoms with Gasteiger partial charge in [0.1, 0.15) is 0 Å². The highest BCUT2D eigenvalue weighted by Gasteiger charge is 2.00. The smallest absolute Gasteiger partial charge is 0.304 e. The molecule has 0 fully saturated rings. The first kappa shape index (κ1) is 30.4. The number of thiol groups is 3. The molecular weight excluding hydrogens is 360 g/mol. The van der Waals surface area contributed by atoms with E-state index in [-0.39, 0.29) is 35.0 Å². The fraction of sp³-hybridized carbons (Fsp3) is 0.786. The molecule has 6 nitrogen and oxygen atoms in total. The van der Waals surface area contributed by atoms with Crippen LogP contribution in [0.5, 0.6) is 0 Å². The number of carboxylic acids is 3. The lowest BCUT2D eigenvalue weighted by Gasteiger charge is -1.93. The van der Waals surface area contributed by atoms with Gasteiger partial charge in [-0.1, -0.05) is 34.6 Å². The molecule has 0 aliphatic heterocycles. The van der Waals surface area contributed by atoms with Gasteiger partial charge in [-0.3, -0.25) is 14.4 Å². The van der Waals surface area contributed by atoms with E-state index in [9.17, 15) is 14.4 Å². The van der Waals surface area contributed by atoms with Crippen LogP contribution in [0.3, 0.4) is 0 Å². The largest absolute Gasteiger partial charge is 0.481 e. The topological polar surface area (TPSA) is 112 Å². The summed E-state index contributed by atoms with van der Waals surface area (Å²) in [6.45, 7) is 9.24. The summed E-state index contributed by atoms with van der Waals surface area (Å²) in [5.74, 6) is -2.37. The fourth-order valence-electron chi connectivity index (χ4n) is 0.758. The average Bonchev–Trinajstić information content (AvgIpc) is 2.26. The first-order chi connectivity index (χ1) is 10.4. The summed E-state index contributed by atoms with van der Waals surface area (Å²) in [4.78, 5) is 29.3. The summed E-state index contributed by atoms with van der Waals surface area (Å²) in [5.41, 5.74) is 0. The Labute approximate surface area is 155 Å². The second kappa shape index (κ2) is 21.5. The van der Waals surface area contributed by atoms with E-state index in [1.165, 1.54) is 0 Å². The third-order valence-corrected chi connectivity index (χ3v) is 1.96. The molecule has 3 N–H and O–H groups in total. The molecule has 0 aliphatic rings. The molecule has 0 heterocycles. The Balaban J connectivity index is -0.000000111. The van der Waals surface area contributed by atoms with Crippen LogP contribution in [0.15, 0.2) is 0 Å². The number of hydrogen-bond acceptors (Lipinski definition) is 6. The predicted octanol–water partition coefficient (Wildman–Crippen LogP) is 3.36. The maximum Gasteiger partial charge on any atom is 0.304 e. The molecular formula is C14H30O6S3. The van der Waals surface area contributed by atoms with E-state index in [4.69, 9.17) is 15.3 Å². The predicted molar refractivity (Wildman–Crippen MR) is 103 cm³/mol. The Morgan fingerprint density at radius 3 is 0.783 bits per heavy atom. The van der Waals surface area contributed by atoms with Crippen LogP contribution in [0.1, 0.15) is 53.9 Å². The van der Waals surface area contributed by atoms with Gasteiger partial charge in [0, 0.05) is 15.7 Å². The highest BCUT2D eigenvalue weighted by Crippen LogP contribution is 1.97. The normalized spacial score (nSPS) is 12.5. The Hall–Kier alpha value is -0.540. The van der Waals surface area contributed by atoms with Gasteiger partial charge in [0.15, 0.2) is 0 Å². The number of hydrogen-bond donors (Lipinski definition) is 6. The second-order valence-electron chi connectivity index (χ2n) is 4.34. The van der Waals surface area contributed by atoms with Crippen LogP contribution in [-0.4, -0.2) is 49.0 Å². The van der Waals surface area contributed by atoms with E-state index in [1.807, 2.05) is 13.8 Å². The Bertz CT molecular complexity index is 259. The van der Waals surface area contributed by atoms with Crippen molar-refractivity contribution < 1.29 is 29.7 Å². The zero-order valence-corrected chi connectivity index (χ0v) is 16.9. The molecule has 0 amide bonds. The van der Waals surface area contributed by atoms with Crippen LogP contribution in [0.2, 0.25) is 0 Å². The second-order valence-corrected chi connectivity index (χ2v) is 6.99. The molecule has 3 atom stereocenters. The minimum absolute atomic E-state index is 0.0301. The van der Waals surface area contributed by atoms with E-state index in [1.54, 1.807) is 20.8 Å². The Kier molecular flexibility index (Phi) is 28.3. The molecule has 0 rings (SSSR count). The van der Waals surface area contributed by atoms with Gasteiger partial charge in [-0.05, 0) is 0 Å². The van der Waals surface area contributed by atoms with Gasteiger partial charge in [-0.2, -0.15) is 37.9 Å². The summed E-state index contributed by atoms with van der Waals surface area (Å²) in [7, 11) is 0. The van der Waals surface area contributed by atoms with Crippen molar-refractivity contribution in [3.05, 3.63) is 0 Å². The van der Waals surface area contributed by atoms with Crippen molar-refractivity contribution in [2.24, 2.45) is 0 Å². The fourth-order valence-corrected chi connectivity index (χ4v) is 1.23. The summed E-state index contributed by atoms with van der Waals surface area (Å²) < 4.78 is 0. The molecule has 0 bridgehead atoms. The molecule has 0 spiro atoms. The third-order valence-electron chi connectivity index (χ3n) is 1.41. The molecule has 0 saturated carbocycles. The van der Waals surface area contributed by atoms with E-state index in [0.717, 1.165) is 0 Å². The molecule has 23 heavy (non-hydrogen) atoms. The van der Waals surface area contributed by atoms with Gasteiger partial charge >= 0.3 is 17.9 Å². The maximum absolute atomic E-state index is 9.76. The SMILES string of the molecule is CC.CC(S)CC(=O)O.CC(S)CC(=O)O.CC(S)CC(=O)O. The van der Waals surface area contributed by atoms with Gasteiger partial charge in [-0.25, -0.2) is 0 Å². The van der Waals surface area contributed by atoms with Gasteiger partial charge in [0.05, 0.1) is 19.3 Å². The Morgan fingerprint density at radius 1 is 0.652 bits per heavy atom. The van der Waals surface area contributed by atoms with E-state index in [2.05, 4.69) is 37.9 Å². The minimum atomic E-state index is -0.789. The zero-order chi connectivity index (χ0) is 19.6. The van der Waals surface area contributed by atoms with Gasteiger partial charge < -0.3 is 15.3 Å². The van der Waals surface area contributed by atoms with Crippen molar-refractivity contribution in [2.75, 3.05) is 0 Å². The number of aliphatic carboxylic acids is 3. The standard InChI is InChI=1S/3C4H8O2S.C2H6/c3*1-3(7)2-4(5)6;1-2/h3*3,7H,2H2,1H3,(H,5,6);1-2H3. The van der Waals surface area contributed by atoms with Crippen LogP contribution >= 0.6 is 37.9 Å². The summed E-state index contributed by atoms with van der Waals surface area (Å²) in [6.07, 6.45) is 0.426. The van der Waals surface area contributed by atoms with Crippen molar-refractivity contribution in [3.8, 4) is 0 Å². The summed E-state index contributed by atoms with van der Waals surface area (Å²) >= 11 is 11.6. The molecule has 0 aromatic carbocycles. The first-order valence-electron chi connectivity index (χ1n) is 7.08. The highest BCUT2D eigenvalue weighted by molar-refractivity contribution is 7.81. The Morgan fingerprint density at radius 2 is 0.783 bits per heavy atom. The lowest BCUT2D eigenvalue weighted by molar-refractivity contribution is -0.137. The molecule has 0 aliphatic carbocycles. The van der Waals surface area contributed by atoms with Crippen molar-refractivity contribution >= 4 is 55.8 Å². The maximum atomic E-state index is 9.76. The van der Waals surface area contributed by atoms with Crippen LogP contribution in [0, 0.1) is 0 Å². The lowest BCUT2D eigenvalue weighted by Crippen LogP contribution is -2.01. The van der Waals surface area contributed by atoms with Crippen molar-refractivity contribution in [1.29, 1.82) is 0 Å². The average molecular weight is 391 g/mol. The summed E-state index contributed by atoms with van der Waals surface area (Å²) in [6, 6.07) is 0. The van der Waals surface area contributed by atoms with Crippen LogP contribution < -0.4 is 0 Å². The van der Waals surface area contributed by atoms with E-state index in [0.29, 0.717) is 0 Å². The van der Waals surface area contributed by atoms with Gasteiger partial charge in [0.2, 0.25) is 0 Å². The molecule has 0 aromatic rings. The molecule has 0 aromatic heterocycles. The van der Waals surface area contributed by atoms with Gasteiger partial charge in [0.25, 0.3) is 0 Å². The number of carbonyl (C=O) groups is 3. The van der Waals surface area contributed by atoms with Crippen molar-refractivity contribution in [1.82, 2.24) is 0 Å². The third kappa shape index (κ3) is 61.9. The quantitative estimate of drug-likeness (QED) is 0.388. The van der Waals surface area contributed by atoms with Crippen molar-refractivity contribution in [3.63, 3.8) is 0 Å². The minimum Gasteiger partial charge on any atom is -0.481 e. The highest BCUT2D eigenvalue weighted by atomic mass is 32.1. The van der Waals surface area contributed by atoms with E-state index < -0.39 is 17.9 Å². The lowest BCUT2D eigenvalue weighted by atomic mass is 10.3. The molecule has 0 saturated heterocycles. The van der Waals surface area contributed by atoms with Gasteiger partial charge in [-0.15, -0.1) is 0 Å². The molecule has 3 unspecified atom stereocenters. The van der Waals surface area contributed by atoms with Crippen LogP contribution in [-0.2, 0) is 14.4 Å². The first-order valence-corrected chi connectivity index (χ1v) is 8.62. The summed E-state index contributed by atoms with van der Waals surface area (Å²) in [5, 5.41) is 24.0. The van der Waals surface area contributed by atoms with Crippen LogP contribution in [0.25, 0.3) is 0 Å². The molecule has 140 valence electrons. The molecule has 0 radical (unpaired) electrons. The zero-order valence-electron chi connectivity index (χ0n) is 14.3. The number of rotatable bonds is 6. The monoisotopic (exact) mass is 390 g/mol. The van der Waals surface area contributed by atoms with Crippen LogP contribution in [0.4, 0.5) is 0 Å². The number of carboxylic acid groups (broad SMARTS) is 3. The van der Waals surface area contributed by atoms with Crippen molar-refractivity contribution in [2.45, 2.75) is 69.6 Å². The van der Waals surface area contributed by atoms with E-state index >= 15 is 0 Å².